The highest BCUT2D eigenvalue weighted by Gasteiger charge is 2.09. The van der Waals surface area contributed by atoms with Gasteiger partial charge in [-0.2, -0.15) is 0 Å². The van der Waals surface area contributed by atoms with Crippen LogP contribution in [0.25, 0.3) is 11.0 Å². The molecule has 6 nitrogen and oxygen atoms in total. The van der Waals surface area contributed by atoms with Gasteiger partial charge in [-0.25, -0.2) is 4.98 Å². The van der Waals surface area contributed by atoms with Gasteiger partial charge in [0.05, 0.1) is 5.69 Å². The number of benzene rings is 1. The first-order valence-electron chi connectivity index (χ1n) is 8.42. The number of thiazole rings is 1. The van der Waals surface area contributed by atoms with Crippen LogP contribution in [0.3, 0.4) is 0 Å². The quantitative estimate of drug-likeness (QED) is 0.587. The van der Waals surface area contributed by atoms with E-state index >= 15 is 0 Å². The molecule has 0 aliphatic rings. The standard InChI is InChI=1S/C19H19ClN4O2S/c1-12(2)11-17(26)22-14-5-3-13(4-6-14)21-16(25)8-7-15-18(20)23-19-24(15)9-10-27-19/h3-10,12H,11H2,1-2H3,(H,21,25)(H,22,26)/b8-7+. The molecule has 0 aliphatic heterocycles. The smallest absolute Gasteiger partial charge is 0.248 e. The maximum absolute atomic E-state index is 12.1. The van der Waals surface area contributed by atoms with Crippen LogP contribution in [0.15, 0.2) is 41.9 Å². The van der Waals surface area contributed by atoms with E-state index in [0.717, 1.165) is 4.96 Å². The molecule has 0 saturated carbocycles. The zero-order chi connectivity index (χ0) is 19.4. The molecular formula is C19H19ClN4O2S. The number of fused-ring (bicyclic) bond motifs is 1. The summed E-state index contributed by atoms with van der Waals surface area (Å²) in [7, 11) is 0. The second-order valence-corrected chi connectivity index (χ2v) is 7.62. The van der Waals surface area contributed by atoms with Crippen LogP contribution < -0.4 is 10.6 Å². The minimum absolute atomic E-state index is 0.0258. The van der Waals surface area contributed by atoms with E-state index in [-0.39, 0.29) is 11.8 Å². The van der Waals surface area contributed by atoms with Crippen molar-refractivity contribution in [3.8, 4) is 0 Å². The topological polar surface area (TPSA) is 75.5 Å². The molecular weight excluding hydrogens is 384 g/mol. The van der Waals surface area contributed by atoms with E-state index in [9.17, 15) is 9.59 Å². The lowest BCUT2D eigenvalue weighted by atomic mass is 10.1. The molecule has 27 heavy (non-hydrogen) atoms. The number of amides is 2. The largest absolute Gasteiger partial charge is 0.326 e. The predicted molar refractivity (Wildman–Crippen MR) is 110 cm³/mol. The number of rotatable bonds is 6. The van der Waals surface area contributed by atoms with E-state index in [1.54, 1.807) is 30.3 Å². The molecule has 3 aromatic rings. The summed E-state index contributed by atoms with van der Waals surface area (Å²) in [6.07, 6.45) is 5.36. The van der Waals surface area contributed by atoms with E-state index < -0.39 is 0 Å². The normalized spacial score (nSPS) is 11.4. The van der Waals surface area contributed by atoms with Crippen molar-refractivity contribution in [1.29, 1.82) is 0 Å². The first-order chi connectivity index (χ1) is 12.9. The second kappa shape index (κ2) is 8.37. The van der Waals surface area contributed by atoms with Crippen LogP contribution >= 0.6 is 22.9 Å². The lowest BCUT2D eigenvalue weighted by Crippen LogP contribution is -2.14. The summed E-state index contributed by atoms with van der Waals surface area (Å²) in [5.74, 6) is -0.00931. The average molecular weight is 403 g/mol. The van der Waals surface area contributed by atoms with Gasteiger partial charge in [0, 0.05) is 35.4 Å². The Kier molecular flexibility index (Phi) is 5.93. The summed E-state index contributed by atoms with van der Waals surface area (Å²) >= 11 is 7.57. The first kappa shape index (κ1) is 19.1. The Morgan fingerprint density at radius 3 is 2.56 bits per heavy atom. The minimum atomic E-state index is -0.284. The van der Waals surface area contributed by atoms with Gasteiger partial charge < -0.3 is 10.6 Å². The van der Waals surface area contributed by atoms with Gasteiger partial charge in [-0.3, -0.25) is 14.0 Å². The molecule has 0 saturated heterocycles. The zero-order valence-electron chi connectivity index (χ0n) is 14.9. The van der Waals surface area contributed by atoms with E-state index in [2.05, 4.69) is 15.6 Å². The van der Waals surface area contributed by atoms with Gasteiger partial charge in [0.15, 0.2) is 10.1 Å². The third-order valence-electron chi connectivity index (χ3n) is 3.68. The molecule has 2 amide bonds. The summed E-state index contributed by atoms with van der Waals surface area (Å²) in [4.78, 5) is 28.9. The van der Waals surface area contributed by atoms with E-state index in [1.165, 1.54) is 17.4 Å². The molecule has 0 unspecified atom stereocenters. The van der Waals surface area contributed by atoms with E-state index in [0.29, 0.717) is 34.6 Å². The highest BCUT2D eigenvalue weighted by molar-refractivity contribution is 7.15. The fraction of sp³-hybridized carbons (Fsp3) is 0.211. The van der Waals surface area contributed by atoms with Gasteiger partial charge in [-0.1, -0.05) is 25.4 Å². The Hall–Kier alpha value is -2.64. The summed E-state index contributed by atoms with van der Waals surface area (Å²) in [6.45, 7) is 3.98. The van der Waals surface area contributed by atoms with Gasteiger partial charge >= 0.3 is 0 Å². The highest BCUT2D eigenvalue weighted by Crippen LogP contribution is 2.22. The maximum atomic E-state index is 12.1. The molecule has 0 atom stereocenters. The average Bonchev–Trinajstić information content (AvgIpc) is 3.15. The summed E-state index contributed by atoms with van der Waals surface area (Å²) in [6, 6.07) is 6.97. The Morgan fingerprint density at radius 1 is 1.22 bits per heavy atom. The monoisotopic (exact) mass is 402 g/mol. The number of nitrogens with one attached hydrogen (secondary N) is 2. The molecule has 2 heterocycles. The van der Waals surface area contributed by atoms with E-state index in [4.69, 9.17) is 11.6 Å². The van der Waals surface area contributed by atoms with E-state index in [1.807, 2.05) is 29.8 Å². The van der Waals surface area contributed by atoms with Crippen molar-refractivity contribution in [1.82, 2.24) is 9.38 Å². The molecule has 2 N–H and O–H groups in total. The fourth-order valence-electron chi connectivity index (χ4n) is 2.48. The van der Waals surface area contributed by atoms with Gasteiger partial charge in [0.25, 0.3) is 0 Å². The number of anilines is 2. The lowest BCUT2D eigenvalue weighted by molar-refractivity contribution is -0.117. The van der Waals surface area contributed by atoms with Crippen LogP contribution in [-0.4, -0.2) is 21.2 Å². The molecule has 0 radical (unpaired) electrons. The summed E-state index contributed by atoms with van der Waals surface area (Å²) in [5.41, 5.74) is 1.98. The third-order valence-corrected chi connectivity index (χ3v) is 4.71. The molecule has 0 bridgehead atoms. The Morgan fingerprint density at radius 2 is 1.89 bits per heavy atom. The van der Waals surface area contributed by atoms with Gasteiger partial charge in [-0.05, 0) is 36.3 Å². The fourth-order valence-corrected chi connectivity index (χ4v) is 3.49. The molecule has 8 heteroatoms. The first-order valence-corrected chi connectivity index (χ1v) is 9.68. The summed E-state index contributed by atoms with van der Waals surface area (Å²) in [5, 5.41) is 7.85. The lowest BCUT2D eigenvalue weighted by Gasteiger charge is -2.08. The highest BCUT2D eigenvalue weighted by atomic mass is 35.5. The van der Waals surface area contributed by atoms with Crippen molar-refractivity contribution in [3.05, 3.63) is 52.8 Å². The minimum Gasteiger partial charge on any atom is -0.326 e. The van der Waals surface area contributed by atoms with Gasteiger partial charge in [0.1, 0.15) is 0 Å². The Balaban J connectivity index is 1.60. The Bertz CT molecular complexity index is 989. The molecule has 140 valence electrons. The van der Waals surface area contributed by atoms with Crippen LogP contribution in [0.2, 0.25) is 5.15 Å². The number of hydrogen-bond acceptors (Lipinski definition) is 4. The number of carbonyl (C=O) groups is 2. The Labute approximate surface area is 165 Å². The molecule has 0 aliphatic carbocycles. The molecule has 2 aromatic heterocycles. The molecule has 1 aromatic carbocycles. The molecule has 0 spiro atoms. The van der Waals surface area contributed by atoms with Gasteiger partial charge in [-0.15, -0.1) is 11.3 Å². The zero-order valence-corrected chi connectivity index (χ0v) is 16.5. The number of carbonyl (C=O) groups excluding carboxylic acids is 2. The number of halogens is 1. The molecule has 0 fully saturated rings. The maximum Gasteiger partial charge on any atom is 0.248 e. The van der Waals surface area contributed by atoms with Crippen LogP contribution in [-0.2, 0) is 9.59 Å². The predicted octanol–water partition coefficient (Wildman–Crippen LogP) is 4.69. The van der Waals surface area contributed by atoms with Crippen molar-refractivity contribution >= 4 is 57.2 Å². The number of aromatic nitrogens is 2. The van der Waals surface area contributed by atoms with Crippen molar-refractivity contribution in [3.63, 3.8) is 0 Å². The SMILES string of the molecule is CC(C)CC(=O)Nc1ccc(NC(=O)/C=C/c2c(Cl)nc3sccn23)cc1. The third kappa shape index (κ3) is 4.96. The van der Waals surface area contributed by atoms with Crippen LogP contribution in [0.4, 0.5) is 11.4 Å². The van der Waals surface area contributed by atoms with Crippen molar-refractivity contribution in [2.75, 3.05) is 10.6 Å². The van der Waals surface area contributed by atoms with Crippen molar-refractivity contribution < 1.29 is 9.59 Å². The summed E-state index contributed by atoms with van der Waals surface area (Å²) < 4.78 is 1.82. The number of hydrogen-bond donors (Lipinski definition) is 2. The second-order valence-electron chi connectivity index (χ2n) is 6.39. The van der Waals surface area contributed by atoms with Crippen LogP contribution in [0.1, 0.15) is 26.0 Å². The van der Waals surface area contributed by atoms with Crippen LogP contribution in [0.5, 0.6) is 0 Å². The molecule has 3 rings (SSSR count). The van der Waals surface area contributed by atoms with Crippen LogP contribution in [0, 0.1) is 5.92 Å². The number of nitrogens with zero attached hydrogens (tertiary/aromatic N) is 2. The number of imidazole rings is 1. The van der Waals surface area contributed by atoms with Gasteiger partial charge in [0.2, 0.25) is 11.8 Å². The van der Waals surface area contributed by atoms with Crippen molar-refractivity contribution in [2.24, 2.45) is 5.92 Å². The van der Waals surface area contributed by atoms with Crippen molar-refractivity contribution in [2.45, 2.75) is 20.3 Å².